The van der Waals surface area contributed by atoms with Crippen molar-refractivity contribution < 1.29 is 13.5 Å². The van der Waals surface area contributed by atoms with E-state index in [1.165, 1.54) is 30.9 Å². The second-order valence-electron chi connectivity index (χ2n) is 4.08. The molecule has 0 aliphatic rings. The number of aliphatic hydroxyl groups excluding tert-OH is 1. The van der Waals surface area contributed by atoms with E-state index in [-0.39, 0.29) is 22.2 Å². The summed E-state index contributed by atoms with van der Waals surface area (Å²) in [6.07, 6.45) is 3.99. The number of nitrogens with zero attached hydrogens (tertiary/aromatic N) is 2. The molecule has 8 heteroatoms. The molecule has 0 unspecified atom stereocenters. The standard InChI is InChI=1S/C12H12ClN3O3S/c1-8-9(6-17)2-10(13)3-12(8)20(18,19)16-11-4-14-7-15-5-11/h2-5,7,16-17H,6H2,1H3. The van der Waals surface area contributed by atoms with Crippen LogP contribution in [-0.2, 0) is 16.6 Å². The van der Waals surface area contributed by atoms with E-state index in [9.17, 15) is 13.5 Å². The molecule has 6 nitrogen and oxygen atoms in total. The van der Waals surface area contributed by atoms with Gasteiger partial charge in [-0.25, -0.2) is 18.4 Å². The molecule has 1 aromatic carbocycles. The van der Waals surface area contributed by atoms with E-state index >= 15 is 0 Å². The van der Waals surface area contributed by atoms with E-state index in [1.807, 2.05) is 0 Å². The predicted molar refractivity (Wildman–Crippen MR) is 75.0 cm³/mol. The van der Waals surface area contributed by atoms with Gasteiger partial charge in [0.2, 0.25) is 0 Å². The molecule has 1 heterocycles. The quantitative estimate of drug-likeness (QED) is 0.897. The first-order chi connectivity index (χ1) is 9.44. The van der Waals surface area contributed by atoms with Crippen LogP contribution in [0.4, 0.5) is 5.69 Å². The zero-order chi connectivity index (χ0) is 14.8. The molecule has 20 heavy (non-hydrogen) atoms. The van der Waals surface area contributed by atoms with Crippen molar-refractivity contribution in [2.45, 2.75) is 18.4 Å². The second kappa shape index (κ2) is 5.74. The van der Waals surface area contributed by atoms with Gasteiger partial charge in [-0.2, -0.15) is 0 Å². The van der Waals surface area contributed by atoms with Gasteiger partial charge >= 0.3 is 0 Å². The fraction of sp³-hybridized carbons (Fsp3) is 0.167. The van der Waals surface area contributed by atoms with Crippen LogP contribution in [0.5, 0.6) is 0 Å². The van der Waals surface area contributed by atoms with Gasteiger partial charge < -0.3 is 5.11 Å². The fourth-order valence-corrected chi connectivity index (χ4v) is 3.36. The van der Waals surface area contributed by atoms with Gasteiger partial charge in [0, 0.05) is 5.02 Å². The highest BCUT2D eigenvalue weighted by Gasteiger charge is 2.20. The summed E-state index contributed by atoms with van der Waals surface area (Å²) in [5.41, 5.74) is 1.15. The molecule has 0 spiro atoms. The largest absolute Gasteiger partial charge is 0.392 e. The molecule has 1 aromatic heterocycles. The smallest absolute Gasteiger partial charge is 0.262 e. The Morgan fingerprint density at radius 3 is 2.55 bits per heavy atom. The van der Waals surface area contributed by atoms with Gasteiger partial charge in [-0.15, -0.1) is 0 Å². The Hall–Kier alpha value is -1.70. The fourth-order valence-electron chi connectivity index (χ4n) is 1.71. The van der Waals surface area contributed by atoms with Crippen LogP contribution in [0.1, 0.15) is 11.1 Å². The first-order valence-corrected chi connectivity index (χ1v) is 7.48. The van der Waals surface area contributed by atoms with Crippen molar-refractivity contribution in [3.8, 4) is 0 Å². The summed E-state index contributed by atoms with van der Waals surface area (Å²) in [7, 11) is -3.82. The summed E-state index contributed by atoms with van der Waals surface area (Å²) in [6.45, 7) is 1.32. The van der Waals surface area contributed by atoms with Crippen molar-refractivity contribution in [1.29, 1.82) is 0 Å². The van der Waals surface area contributed by atoms with E-state index in [2.05, 4.69) is 14.7 Å². The topological polar surface area (TPSA) is 92.2 Å². The third-order valence-electron chi connectivity index (χ3n) is 2.71. The lowest BCUT2D eigenvalue weighted by atomic mass is 10.1. The Labute approximate surface area is 121 Å². The minimum atomic E-state index is -3.82. The summed E-state index contributed by atoms with van der Waals surface area (Å²) in [5, 5.41) is 9.47. The molecule has 0 fully saturated rings. The number of aromatic nitrogens is 2. The van der Waals surface area contributed by atoms with Crippen molar-refractivity contribution in [2.75, 3.05) is 4.72 Å². The number of sulfonamides is 1. The number of anilines is 1. The van der Waals surface area contributed by atoms with Crippen molar-refractivity contribution in [1.82, 2.24) is 9.97 Å². The lowest BCUT2D eigenvalue weighted by Gasteiger charge is -2.13. The summed E-state index contributed by atoms with van der Waals surface area (Å²) in [4.78, 5) is 7.48. The number of rotatable bonds is 4. The molecule has 2 N–H and O–H groups in total. The first-order valence-electron chi connectivity index (χ1n) is 5.62. The molecule has 0 atom stereocenters. The van der Waals surface area contributed by atoms with Crippen molar-refractivity contribution in [2.24, 2.45) is 0 Å². The molecule has 0 radical (unpaired) electrons. The van der Waals surface area contributed by atoms with E-state index in [1.54, 1.807) is 6.92 Å². The molecule has 0 saturated carbocycles. The summed E-state index contributed by atoms with van der Waals surface area (Å²) < 4.78 is 27.0. The average Bonchev–Trinajstić information content (AvgIpc) is 2.41. The van der Waals surface area contributed by atoms with Gasteiger partial charge in [-0.3, -0.25) is 4.72 Å². The highest BCUT2D eigenvalue weighted by Crippen LogP contribution is 2.26. The molecule has 106 valence electrons. The molecule has 0 aliphatic heterocycles. The van der Waals surface area contributed by atoms with Crippen LogP contribution in [0.25, 0.3) is 0 Å². The number of benzene rings is 1. The van der Waals surface area contributed by atoms with Gasteiger partial charge in [0.25, 0.3) is 10.0 Å². The summed E-state index contributed by atoms with van der Waals surface area (Å²) >= 11 is 5.88. The number of halogens is 1. The van der Waals surface area contributed by atoms with Crippen molar-refractivity contribution in [3.63, 3.8) is 0 Å². The molecular weight excluding hydrogens is 302 g/mol. The Balaban J connectivity index is 2.47. The van der Waals surface area contributed by atoms with Crippen molar-refractivity contribution >= 4 is 27.3 Å². The van der Waals surface area contributed by atoms with Crippen LogP contribution in [0.2, 0.25) is 5.02 Å². The summed E-state index contributed by atoms with van der Waals surface area (Å²) in [6, 6.07) is 2.86. The average molecular weight is 314 g/mol. The normalized spacial score (nSPS) is 11.3. The number of aliphatic hydroxyl groups is 1. The molecule has 0 aliphatic carbocycles. The van der Waals surface area contributed by atoms with E-state index < -0.39 is 10.0 Å². The Bertz CT molecular complexity index is 720. The predicted octanol–water partition coefficient (Wildman–Crippen LogP) is 1.73. The molecule has 2 aromatic rings. The molecular formula is C12H12ClN3O3S. The number of nitrogens with one attached hydrogen (secondary N) is 1. The maximum Gasteiger partial charge on any atom is 0.262 e. The van der Waals surface area contributed by atoms with E-state index in [0.29, 0.717) is 11.1 Å². The van der Waals surface area contributed by atoms with E-state index in [4.69, 9.17) is 11.6 Å². The third kappa shape index (κ3) is 3.06. The van der Waals surface area contributed by atoms with Crippen LogP contribution in [-0.4, -0.2) is 23.5 Å². The summed E-state index contributed by atoms with van der Waals surface area (Å²) in [5.74, 6) is 0. The van der Waals surface area contributed by atoms with Gasteiger partial charge in [-0.1, -0.05) is 11.6 Å². The van der Waals surface area contributed by atoms with Crippen LogP contribution in [0.15, 0.2) is 35.7 Å². The minimum absolute atomic E-state index is 0.0119. The van der Waals surface area contributed by atoms with Crippen LogP contribution < -0.4 is 4.72 Å². The van der Waals surface area contributed by atoms with Gasteiger partial charge in [0.15, 0.2) is 0 Å². The first kappa shape index (κ1) is 14.7. The van der Waals surface area contributed by atoms with Gasteiger partial charge in [0.1, 0.15) is 6.33 Å². The zero-order valence-electron chi connectivity index (χ0n) is 10.5. The highest BCUT2D eigenvalue weighted by atomic mass is 35.5. The van der Waals surface area contributed by atoms with Crippen LogP contribution in [0, 0.1) is 6.92 Å². The maximum absolute atomic E-state index is 12.3. The molecule has 0 saturated heterocycles. The molecule has 0 bridgehead atoms. The zero-order valence-corrected chi connectivity index (χ0v) is 12.1. The highest BCUT2D eigenvalue weighted by molar-refractivity contribution is 7.92. The maximum atomic E-state index is 12.3. The monoisotopic (exact) mass is 313 g/mol. The third-order valence-corrected chi connectivity index (χ3v) is 4.43. The van der Waals surface area contributed by atoms with E-state index in [0.717, 1.165) is 0 Å². The number of hydrogen-bond donors (Lipinski definition) is 2. The molecule has 0 amide bonds. The second-order valence-corrected chi connectivity index (χ2v) is 6.17. The van der Waals surface area contributed by atoms with Crippen LogP contribution in [0.3, 0.4) is 0 Å². The number of hydrogen-bond acceptors (Lipinski definition) is 5. The van der Waals surface area contributed by atoms with Crippen LogP contribution >= 0.6 is 11.6 Å². The Morgan fingerprint density at radius 1 is 1.30 bits per heavy atom. The van der Waals surface area contributed by atoms with Crippen molar-refractivity contribution in [3.05, 3.63) is 47.0 Å². The van der Waals surface area contributed by atoms with Gasteiger partial charge in [0.05, 0.1) is 29.6 Å². The lowest BCUT2D eigenvalue weighted by Crippen LogP contribution is -2.15. The Morgan fingerprint density at radius 2 is 1.95 bits per heavy atom. The van der Waals surface area contributed by atoms with Gasteiger partial charge in [-0.05, 0) is 30.2 Å². The Kier molecular flexibility index (Phi) is 4.22. The SMILES string of the molecule is Cc1c(CO)cc(Cl)cc1S(=O)(=O)Nc1cncnc1. The minimum Gasteiger partial charge on any atom is -0.392 e. The lowest BCUT2D eigenvalue weighted by molar-refractivity contribution is 0.280. The molecule has 2 rings (SSSR count).